The van der Waals surface area contributed by atoms with Gasteiger partial charge in [0.15, 0.2) is 0 Å². The van der Waals surface area contributed by atoms with Gasteiger partial charge < -0.3 is 0 Å². The van der Waals surface area contributed by atoms with Crippen molar-refractivity contribution in [1.82, 2.24) is 19.9 Å². The standard InChI is InChI=1S/C12H9ClN4S2/c1-2-7-5-8-10(18-7)16-12(13)17-11(8)19-9-3-4-14-6-15-9/h3-6H,2H2,1H3. The highest BCUT2D eigenvalue weighted by atomic mass is 35.5. The van der Waals surface area contributed by atoms with E-state index < -0.39 is 0 Å². The molecule has 0 aromatic carbocycles. The molecule has 19 heavy (non-hydrogen) atoms. The molecule has 0 spiro atoms. The van der Waals surface area contributed by atoms with Crippen molar-refractivity contribution in [2.24, 2.45) is 0 Å². The molecule has 0 saturated heterocycles. The molecule has 0 aliphatic rings. The second-order valence-electron chi connectivity index (χ2n) is 3.73. The van der Waals surface area contributed by atoms with E-state index in [0.717, 1.165) is 26.7 Å². The Hall–Kier alpha value is -1.24. The van der Waals surface area contributed by atoms with Crippen molar-refractivity contribution < 1.29 is 0 Å². The van der Waals surface area contributed by atoms with Gasteiger partial charge in [0.25, 0.3) is 0 Å². The Kier molecular flexibility index (Phi) is 3.63. The number of hydrogen-bond acceptors (Lipinski definition) is 6. The molecule has 7 heteroatoms. The zero-order chi connectivity index (χ0) is 13.2. The van der Waals surface area contributed by atoms with E-state index in [1.165, 1.54) is 23.0 Å². The van der Waals surface area contributed by atoms with Crippen LogP contribution in [0.4, 0.5) is 0 Å². The highest BCUT2D eigenvalue weighted by Gasteiger charge is 2.12. The summed E-state index contributed by atoms with van der Waals surface area (Å²) in [7, 11) is 0. The molecule has 0 aliphatic carbocycles. The van der Waals surface area contributed by atoms with Crippen LogP contribution in [0.15, 0.2) is 34.7 Å². The molecular weight excluding hydrogens is 300 g/mol. The van der Waals surface area contributed by atoms with Gasteiger partial charge in [0.1, 0.15) is 21.2 Å². The zero-order valence-electron chi connectivity index (χ0n) is 10.00. The first-order valence-corrected chi connectivity index (χ1v) is 7.67. The second-order valence-corrected chi connectivity index (χ2v) is 6.19. The molecule has 0 amide bonds. The molecule has 3 rings (SSSR count). The average molecular weight is 309 g/mol. The lowest BCUT2D eigenvalue weighted by molar-refractivity contribution is 1.04. The number of hydrogen-bond donors (Lipinski definition) is 0. The summed E-state index contributed by atoms with van der Waals surface area (Å²) < 4.78 is 0. The fraction of sp³-hybridized carbons (Fsp3) is 0.167. The third-order valence-electron chi connectivity index (χ3n) is 2.49. The van der Waals surface area contributed by atoms with Crippen LogP contribution in [-0.2, 0) is 6.42 Å². The Bertz CT molecular complexity index is 714. The van der Waals surface area contributed by atoms with Crippen molar-refractivity contribution in [2.45, 2.75) is 23.4 Å². The number of halogens is 1. The van der Waals surface area contributed by atoms with E-state index in [1.807, 2.05) is 6.07 Å². The number of rotatable bonds is 3. The summed E-state index contributed by atoms with van der Waals surface area (Å²) in [5.74, 6) is 0. The minimum absolute atomic E-state index is 0.272. The first-order valence-electron chi connectivity index (χ1n) is 5.66. The van der Waals surface area contributed by atoms with E-state index >= 15 is 0 Å². The van der Waals surface area contributed by atoms with E-state index in [-0.39, 0.29) is 5.28 Å². The topological polar surface area (TPSA) is 51.6 Å². The van der Waals surface area contributed by atoms with Gasteiger partial charge in [-0.1, -0.05) is 6.92 Å². The van der Waals surface area contributed by atoms with E-state index in [9.17, 15) is 0 Å². The van der Waals surface area contributed by atoms with Crippen LogP contribution in [0.2, 0.25) is 5.28 Å². The average Bonchev–Trinajstić information content (AvgIpc) is 2.83. The quantitative estimate of drug-likeness (QED) is 0.543. The molecule has 3 aromatic heterocycles. The largest absolute Gasteiger partial charge is 0.245 e. The highest BCUT2D eigenvalue weighted by molar-refractivity contribution is 7.99. The lowest BCUT2D eigenvalue weighted by atomic mass is 10.3. The van der Waals surface area contributed by atoms with E-state index in [0.29, 0.717) is 0 Å². The second kappa shape index (κ2) is 5.40. The van der Waals surface area contributed by atoms with E-state index in [2.05, 4.69) is 32.9 Å². The molecule has 0 fully saturated rings. The maximum absolute atomic E-state index is 5.98. The summed E-state index contributed by atoms with van der Waals surface area (Å²) in [4.78, 5) is 18.9. The molecule has 96 valence electrons. The van der Waals surface area contributed by atoms with Crippen molar-refractivity contribution in [3.8, 4) is 0 Å². The molecule has 0 radical (unpaired) electrons. The normalized spacial score (nSPS) is 11.1. The molecule has 3 aromatic rings. The number of thiophene rings is 1. The van der Waals surface area contributed by atoms with Crippen LogP contribution >= 0.6 is 34.7 Å². The molecule has 0 atom stereocenters. The van der Waals surface area contributed by atoms with Gasteiger partial charge in [0, 0.05) is 16.5 Å². The first-order chi connectivity index (χ1) is 9.26. The minimum atomic E-state index is 0.272. The van der Waals surface area contributed by atoms with Crippen LogP contribution < -0.4 is 0 Å². The summed E-state index contributed by atoms with van der Waals surface area (Å²) >= 11 is 9.11. The maximum atomic E-state index is 5.98. The number of aromatic nitrogens is 4. The molecule has 4 nitrogen and oxygen atoms in total. The number of aryl methyl sites for hydroxylation is 1. The minimum Gasteiger partial charge on any atom is -0.245 e. The molecule has 0 bridgehead atoms. The van der Waals surface area contributed by atoms with E-state index in [4.69, 9.17) is 11.6 Å². The van der Waals surface area contributed by atoms with Crippen LogP contribution in [0.5, 0.6) is 0 Å². The summed E-state index contributed by atoms with van der Waals surface area (Å²) in [5, 5.41) is 2.99. The zero-order valence-corrected chi connectivity index (χ0v) is 12.4. The lowest BCUT2D eigenvalue weighted by Gasteiger charge is -2.01. The Labute approximate surface area is 123 Å². The fourth-order valence-corrected chi connectivity index (χ4v) is 3.74. The fourth-order valence-electron chi connectivity index (χ4n) is 1.61. The molecule has 0 unspecified atom stereocenters. The predicted molar refractivity (Wildman–Crippen MR) is 78.0 cm³/mol. The van der Waals surface area contributed by atoms with Crippen molar-refractivity contribution in [3.05, 3.63) is 34.8 Å². The van der Waals surface area contributed by atoms with Gasteiger partial charge in [0.2, 0.25) is 5.28 Å². The van der Waals surface area contributed by atoms with Gasteiger partial charge in [-0.15, -0.1) is 11.3 Å². The van der Waals surface area contributed by atoms with Crippen molar-refractivity contribution >= 4 is 44.9 Å². The lowest BCUT2D eigenvalue weighted by Crippen LogP contribution is -1.87. The Morgan fingerprint density at radius 3 is 3.00 bits per heavy atom. The highest BCUT2D eigenvalue weighted by Crippen LogP contribution is 2.35. The number of nitrogens with zero attached hydrogens (tertiary/aromatic N) is 4. The summed E-state index contributed by atoms with van der Waals surface area (Å²) in [5.41, 5.74) is 0. The summed E-state index contributed by atoms with van der Waals surface area (Å²) in [6.45, 7) is 2.12. The third-order valence-corrected chi connectivity index (χ3v) is 4.78. The van der Waals surface area contributed by atoms with E-state index in [1.54, 1.807) is 17.5 Å². The van der Waals surface area contributed by atoms with Crippen LogP contribution in [0.1, 0.15) is 11.8 Å². The van der Waals surface area contributed by atoms with Crippen molar-refractivity contribution in [2.75, 3.05) is 0 Å². The number of fused-ring (bicyclic) bond motifs is 1. The van der Waals surface area contributed by atoms with Crippen LogP contribution in [0.3, 0.4) is 0 Å². The summed E-state index contributed by atoms with van der Waals surface area (Å²) in [6, 6.07) is 3.97. The Morgan fingerprint density at radius 2 is 2.26 bits per heavy atom. The molecule has 0 N–H and O–H groups in total. The van der Waals surface area contributed by atoms with Crippen molar-refractivity contribution in [1.29, 1.82) is 0 Å². The molecule has 0 saturated carbocycles. The van der Waals surface area contributed by atoms with Gasteiger partial charge in [-0.2, -0.15) is 0 Å². The van der Waals surface area contributed by atoms with Gasteiger partial charge >= 0.3 is 0 Å². The third kappa shape index (κ3) is 2.70. The van der Waals surface area contributed by atoms with Gasteiger partial charge in [0.05, 0.1) is 0 Å². The summed E-state index contributed by atoms with van der Waals surface area (Å²) in [6.07, 6.45) is 4.21. The smallest absolute Gasteiger partial charge is 0.224 e. The molecule has 3 heterocycles. The van der Waals surface area contributed by atoms with Crippen LogP contribution in [0.25, 0.3) is 10.2 Å². The molecular formula is C12H9ClN4S2. The molecule has 0 aliphatic heterocycles. The van der Waals surface area contributed by atoms with Crippen molar-refractivity contribution in [3.63, 3.8) is 0 Å². The monoisotopic (exact) mass is 308 g/mol. The first kappa shape index (κ1) is 12.8. The Balaban J connectivity index is 2.09. The SMILES string of the molecule is CCc1cc2c(Sc3ccncn3)nc(Cl)nc2s1. The van der Waals surface area contributed by atoms with Crippen LogP contribution in [-0.4, -0.2) is 19.9 Å². The van der Waals surface area contributed by atoms with Crippen LogP contribution in [0, 0.1) is 0 Å². The van der Waals surface area contributed by atoms with Gasteiger partial charge in [-0.3, -0.25) is 0 Å². The Morgan fingerprint density at radius 1 is 1.37 bits per heavy atom. The maximum Gasteiger partial charge on any atom is 0.224 e. The van der Waals surface area contributed by atoms with Gasteiger partial charge in [-0.25, -0.2) is 19.9 Å². The predicted octanol–water partition coefficient (Wildman–Crippen LogP) is 3.85. The van der Waals surface area contributed by atoms with Gasteiger partial charge in [-0.05, 0) is 41.9 Å².